The first-order valence-electron chi connectivity index (χ1n) is 10.6. The highest BCUT2D eigenvalue weighted by Crippen LogP contribution is 2.31. The van der Waals surface area contributed by atoms with Crippen LogP contribution in [0.15, 0.2) is 48.5 Å². The molecule has 7 nitrogen and oxygen atoms in total. The van der Waals surface area contributed by atoms with Gasteiger partial charge in [-0.2, -0.15) is 0 Å². The Morgan fingerprint density at radius 1 is 1.03 bits per heavy atom. The molecule has 1 unspecified atom stereocenters. The summed E-state index contributed by atoms with van der Waals surface area (Å²) in [6, 6.07) is 12.3. The fraction of sp³-hybridized carbons (Fsp3) is 0.280. The molecule has 180 valence electrons. The normalized spacial score (nSPS) is 11.6. The molecule has 1 atom stereocenters. The number of halogens is 1. The summed E-state index contributed by atoms with van der Waals surface area (Å²) in [6.07, 6.45) is 0. The van der Waals surface area contributed by atoms with Crippen molar-refractivity contribution in [2.45, 2.75) is 19.9 Å². The van der Waals surface area contributed by atoms with Crippen LogP contribution in [-0.2, 0) is 4.74 Å². The molecule has 2 N–H and O–H groups in total. The van der Waals surface area contributed by atoms with Crippen molar-refractivity contribution < 1.29 is 28.2 Å². The molecule has 0 aliphatic carbocycles. The number of hydrogen-bond acceptors (Lipinski definition) is 6. The molecule has 0 aliphatic heterocycles. The first kappa shape index (κ1) is 25.2. The second-order valence-corrected chi connectivity index (χ2v) is 8.59. The fourth-order valence-electron chi connectivity index (χ4n) is 3.24. The van der Waals surface area contributed by atoms with Crippen molar-refractivity contribution in [1.82, 2.24) is 5.32 Å². The number of anilines is 1. The summed E-state index contributed by atoms with van der Waals surface area (Å²) in [5.74, 6) is -0.0455. The number of ether oxygens (including phenoxy) is 3. The standard InChI is InChI=1S/C25H27FN2O5S/c1-15-12-22(28-24(29)18-6-5-7-19(26)13-18)34-23(15)25(30)27-16(2)17-8-9-20(21(14-17)32-4)33-11-10-31-3/h5-9,12-14,16H,10-11H2,1-4H3,(H,27,30)(H,28,29). The molecular weight excluding hydrogens is 459 g/mol. The number of amides is 2. The first-order chi connectivity index (χ1) is 16.3. The van der Waals surface area contributed by atoms with Crippen LogP contribution in [0.4, 0.5) is 9.39 Å². The van der Waals surface area contributed by atoms with Crippen molar-refractivity contribution in [3.8, 4) is 11.5 Å². The van der Waals surface area contributed by atoms with Gasteiger partial charge in [0.1, 0.15) is 12.4 Å². The number of thiophene rings is 1. The molecule has 0 aliphatic rings. The van der Waals surface area contributed by atoms with Crippen LogP contribution in [0.2, 0.25) is 0 Å². The van der Waals surface area contributed by atoms with E-state index in [1.165, 1.54) is 18.2 Å². The van der Waals surface area contributed by atoms with Crippen LogP contribution in [0.5, 0.6) is 11.5 Å². The van der Waals surface area contributed by atoms with Crippen molar-refractivity contribution in [3.05, 3.63) is 75.9 Å². The van der Waals surface area contributed by atoms with Gasteiger partial charge in [0.2, 0.25) is 0 Å². The van der Waals surface area contributed by atoms with Gasteiger partial charge in [0.05, 0.1) is 29.6 Å². The van der Waals surface area contributed by atoms with Gasteiger partial charge in [-0.25, -0.2) is 4.39 Å². The Labute approximate surface area is 201 Å². The van der Waals surface area contributed by atoms with Gasteiger partial charge in [-0.05, 0) is 61.4 Å². The van der Waals surface area contributed by atoms with Crippen LogP contribution in [0.3, 0.4) is 0 Å². The molecule has 0 fully saturated rings. The van der Waals surface area contributed by atoms with E-state index in [1.54, 1.807) is 33.3 Å². The maximum absolute atomic E-state index is 13.4. The molecule has 3 aromatic rings. The third kappa shape index (κ3) is 6.33. The maximum atomic E-state index is 13.4. The number of rotatable bonds is 10. The number of methoxy groups -OCH3 is 2. The maximum Gasteiger partial charge on any atom is 0.262 e. The lowest BCUT2D eigenvalue weighted by atomic mass is 10.1. The summed E-state index contributed by atoms with van der Waals surface area (Å²) < 4.78 is 29.5. The highest BCUT2D eigenvalue weighted by molar-refractivity contribution is 7.18. The Kier molecular flexibility index (Phi) is 8.61. The summed E-state index contributed by atoms with van der Waals surface area (Å²) in [7, 11) is 3.16. The Morgan fingerprint density at radius 3 is 2.53 bits per heavy atom. The SMILES string of the molecule is COCCOc1ccc(C(C)NC(=O)c2sc(NC(=O)c3cccc(F)c3)cc2C)cc1OC. The first-order valence-corrected chi connectivity index (χ1v) is 11.4. The molecule has 9 heteroatoms. The third-order valence-electron chi connectivity index (χ3n) is 5.03. The molecule has 0 spiro atoms. The highest BCUT2D eigenvalue weighted by atomic mass is 32.1. The number of aryl methyl sites for hydroxylation is 1. The summed E-state index contributed by atoms with van der Waals surface area (Å²) in [6.45, 7) is 4.52. The van der Waals surface area contributed by atoms with E-state index in [-0.39, 0.29) is 17.5 Å². The van der Waals surface area contributed by atoms with Crippen molar-refractivity contribution in [1.29, 1.82) is 0 Å². The summed E-state index contributed by atoms with van der Waals surface area (Å²) in [5.41, 5.74) is 1.77. The molecule has 0 saturated carbocycles. The topological polar surface area (TPSA) is 85.9 Å². The van der Waals surface area contributed by atoms with Gasteiger partial charge in [-0.15, -0.1) is 11.3 Å². The van der Waals surface area contributed by atoms with Crippen LogP contribution >= 0.6 is 11.3 Å². The minimum absolute atomic E-state index is 0.203. The van der Waals surface area contributed by atoms with Gasteiger partial charge < -0.3 is 24.8 Å². The fourth-order valence-corrected chi connectivity index (χ4v) is 4.21. The number of benzene rings is 2. The van der Waals surface area contributed by atoms with E-state index in [2.05, 4.69) is 10.6 Å². The van der Waals surface area contributed by atoms with E-state index in [1.807, 2.05) is 19.1 Å². The smallest absolute Gasteiger partial charge is 0.262 e. The zero-order valence-corrected chi connectivity index (χ0v) is 20.3. The molecule has 34 heavy (non-hydrogen) atoms. The van der Waals surface area contributed by atoms with Gasteiger partial charge in [0.15, 0.2) is 11.5 Å². The van der Waals surface area contributed by atoms with Gasteiger partial charge in [-0.3, -0.25) is 9.59 Å². The Hall–Kier alpha value is -3.43. The van der Waals surface area contributed by atoms with Crippen LogP contribution < -0.4 is 20.1 Å². The van der Waals surface area contributed by atoms with E-state index < -0.39 is 11.7 Å². The molecule has 2 amide bonds. The number of nitrogens with one attached hydrogen (secondary N) is 2. The van der Waals surface area contributed by atoms with E-state index in [0.29, 0.717) is 34.6 Å². The van der Waals surface area contributed by atoms with Crippen LogP contribution in [0.1, 0.15) is 44.1 Å². The van der Waals surface area contributed by atoms with Gasteiger partial charge >= 0.3 is 0 Å². The average Bonchev–Trinajstić information content (AvgIpc) is 3.19. The molecule has 1 aromatic heterocycles. The van der Waals surface area contributed by atoms with Gasteiger partial charge in [0.25, 0.3) is 11.8 Å². The molecule has 3 rings (SSSR count). The lowest BCUT2D eigenvalue weighted by Crippen LogP contribution is -2.26. The van der Waals surface area contributed by atoms with Crippen molar-refractivity contribution >= 4 is 28.2 Å². The van der Waals surface area contributed by atoms with Crippen molar-refractivity contribution in [2.24, 2.45) is 0 Å². The third-order valence-corrected chi connectivity index (χ3v) is 6.18. The molecular formula is C25H27FN2O5S. The molecule has 1 heterocycles. The van der Waals surface area contributed by atoms with Crippen LogP contribution in [-0.4, -0.2) is 39.2 Å². The molecule has 2 aromatic carbocycles. The van der Waals surface area contributed by atoms with Gasteiger partial charge in [-0.1, -0.05) is 12.1 Å². The average molecular weight is 487 g/mol. The van der Waals surface area contributed by atoms with Crippen molar-refractivity contribution in [2.75, 3.05) is 32.8 Å². The van der Waals surface area contributed by atoms with Crippen LogP contribution in [0.25, 0.3) is 0 Å². The van der Waals surface area contributed by atoms with E-state index in [9.17, 15) is 14.0 Å². The predicted octanol–water partition coefficient (Wildman–Crippen LogP) is 4.97. The lowest BCUT2D eigenvalue weighted by molar-refractivity contribution is 0.0942. The van der Waals surface area contributed by atoms with Gasteiger partial charge in [0, 0.05) is 12.7 Å². The molecule has 0 saturated heterocycles. The largest absolute Gasteiger partial charge is 0.493 e. The molecule has 0 radical (unpaired) electrons. The lowest BCUT2D eigenvalue weighted by Gasteiger charge is -2.17. The second kappa shape index (κ2) is 11.6. The minimum Gasteiger partial charge on any atom is -0.493 e. The summed E-state index contributed by atoms with van der Waals surface area (Å²) in [5, 5.41) is 6.20. The molecule has 0 bridgehead atoms. The Morgan fingerprint density at radius 2 is 1.82 bits per heavy atom. The van der Waals surface area contributed by atoms with Crippen LogP contribution in [0, 0.1) is 12.7 Å². The summed E-state index contributed by atoms with van der Waals surface area (Å²) in [4.78, 5) is 25.8. The van der Waals surface area contributed by atoms with E-state index >= 15 is 0 Å². The van der Waals surface area contributed by atoms with E-state index in [0.717, 1.165) is 28.5 Å². The number of carbonyl (C=O) groups is 2. The predicted molar refractivity (Wildman–Crippen MR) is 130 cm³/mol. The zero-order chi connectivity index (χ0) is 24.7. The minimum atomic E-state index is -0.490. The van der Waals surface area contributed by atoms with Crippen molar-refractivity contribution in [3.63, 3.8) is 0 Å². The van der Waals surface area contributed by atoms with E-state index in [4.69, 9.17) is 14.2 Å². The Balaban J connectivity index is 1.67. The second-order valence-electron chi connectivity index (χ2n) is 7.53. The quantitative estimate of drug-likeness (QED) is 0.395. The Bertz CT molecular complexity index is 1160. The number of hydrogen-bond donors (Lipinski definition) is 2. The number of carbonyl (C=O) groups excluding carboxylic acids is 2. The highest BCUT2D eigenvalue weighted by Gasteiger charge is 2.19. The summed E-state index contributed by atoms with van der Waals surface area (Å²) >= 11 is 1.16. The zero-order valence-electron chi connectivity index (χ0n) is 19.4. The monoisotopic (exact) mass is 486 g/mol.